The molecule has 0 unspecified atom stereocenters. The molecule has 1 saturated heterocycles. The molecular weight excluding hydrogens is 288 g/mol. The van der Waals surface area contributed by atoms with Crippen molar-refractivity contribution in [2.75, 3.05) is 23.3 Å². The molecule has 3 rings (SSSR count). The Balaban J connectivity index is 1.82. The Labute approximate surface area is 127 Å². The normalized spacial score (nSPS) is 15.5. The third-order valence-corrected chi connectivity index (χ3v) is 3.68. The van der Waals surface area contributed by atoms with Gasteiger partial charge in [-0.25, -0.2) is 8.78 Å². The van der Waals surface area contributed by atoms with Gasteiger partial charge in [-0.05, 0) is 25.0 Å². The highest BCUT2D eigenvalue weighted by molar-refractivity contribution is 5.56. The Morgan fingerprint density at radius 3 is 2.36 bits per heavy atom. The van der Waals surface area contributed by atoms with Crippen molar-refractivity contribution in [3.63, 3.8) is 0 Å². The van der Waals surface area contributed by atoms with Gasteiger partial charge in [0, 0.05) is 13.1 Å². The van der Waals surface area contributed by atoms with E-state index in [0.29, 0.717) is 5.82 Å². The summed E-state index contributed by atoms with van der Waals surface area (Å²) in [5.41, 5.74) is -0.266. The highest BCUT2D eigenvalue weighted by Crippen LogP contribution is 2.22. The maximum atomic E-state index is 13.7. The summed E-state index contributed by atoms with van der Waals surface area (Å²) in [4.78, 5) is 6.45. The molecule has 116 valence electrons. The van der Waals surface area contributed by atoms with E-state index < -0.39 is 11.6 Å². The molecule has 1 aliphatic heterocycles. The molecule has 0 bridgehead atoms. The Morgan fingerprint density at radius 1 is 1.00 bits per heavy atom. The zero-order valence-electron chi connectivity index (χ0n) is 12.1. The van der Waals surface area contributed by atoms with E-state index >= 15 is 0 Å². The van der Waals surface area contributed by atoms with E-state index in [1.54, 1.807) is 6.20 Å². The second-order valence-electron chi connectivity index (χ2n) is 5.26. The number of hydrogen-bond donors (Lipinski definition) is 1. The van der Waals surface area contributed by atoms with Gasteiger partial charge in [0.05, 0.1) is 6.20 Å². The SMILES string of the molecule is Fc1cccc(F)c1Nc1nncc(N2CCCCCC2)n1. The molecule has 1 fully saturated rings. The average molecular weight is 305 g/mol. The quantitative estimate of drug-likeness (QED) is 0.943. The molecule has 7 heteroatoms. The van der Waals surface area contributed by atoms with Gasteiger partial charge in [0.2, 0.25) is 5.95 Å². The van der Waals surface area contributed by atoms with Crippen LogP contribution in [0.15, 0.2) is 24.4 Å². The van der Waals surface area contributed by atoms with Gasteiger partial charge in [0.1, 0.15) is 17.3 Å². The zero-order valence-corrected chi connectivity index (χ0v) is 12.1. The third-order valence-electron chi connectivity index (χ3n) is 3.68. The lowest BCUT2D eigenvalue weighted by Crippen LogP contribution is -2.25. The maximum Gasteiger partial charge on any atom is 0.249 e. The first kappa shape index (κ1) is 14.6. The predicted octanol–water partition coefficient (Wildman–Crippen LogP) is 3.27. The molecule has 2 heterocycles. The number of benzene rings is 1. The lowest BCUT2D eigenvalue weighted by molar-refractivity contribution is 0.590. The fourth-order valence-electron chi connectivity index (χ4n) is 2.53. The van der Waals surface area contributed by atoms with Gasteiger partial charge in [-0.15, -0.1) is 5.10 Å². The van der Waals surface area contributed by atoms with Crippen LogP contribution >= 0.6 is 0 Å². The van der Waals surface area contributed by atoms with E-state index in [4.69, 9.17) is 0 Å². The Hall–Kier alpha value is -2.31. The van der Waals surface area contributed by atoms with Crippen LogP contribution in [0.25, 0.3) is 0 Å². The first-order valence-corrected chi connectivity index (χ1v) is 7.40. The zero-order chi connectivity index (χ0) is 15.4. The molecule has 1 aromatic carbocycles. The molecule has 0 radical (unpaired) electrons. The second-order valence-corrected chi connectivity index (χ2v) is 5.26. The molecule has 0 aliphatic carbocycles. The van der Waals surface area contributed by atoms with Gasteiger partial charge < -0.3 is 10.2 Å². The number of para-hydroxylation sites is 1. The number of aromatic nitrogens is 3. The number of halogens is 2. The molecule has 0 spiro atoms. The van der Waals surface area contributed by atoms with E-state index in [2.05, 4.69) is 25.4 Å². The van der Waals surface area contributed by atoms with Gasteiger partial charge in [0.15, 0.2) is 5.82 Å². The molecule has 22 heavy (non-hydrogen) atoms. The van der Waals surface area contributed by atoms with Gasteiger partial charge >= 0.3 is 0 Å². The lowest BCUT2D eigenvalue weighted by Gasteiger charge is -2.21. The summed E-state index contributed by atoms with van der Waals surface area (Å²) in [5.74, 6) is -0.616. The Kier molecular flexibility index (Phi) is 4.41. The summed E-state index contributed by atoms with van der Waals surface area (Å²) in [6, 6.07) is 3.66. The van der Waals surface area contributed by atoms with Crippen molar-refractivity contribution in [3.8, 4) is 0 Å². The monoisotopic (exact) mass is 305 g/mol. The van der Waals surface area contributed by atoms with E-state index in [0.717, 1.165) is 25.9 Å². The van der Waals surface area contributed by atoms with Crippen LogP contribution in [0.5, 0.6) is 0 Å². The average Bonchev–Trinajstić information content (AvgIpc) is 2.81. The van der Waals surface area contributed by atoms with Crippen molar-refractivity contribution in [2.24, 2.45) is 0 Å². The largest absolute Gasteiger partial charge is 0.355 e. The lowest BCUT2D eigenvalue weighted by atomic mass is 10.2. The minimum Gasteiger partial charge on any atom is -0.355 e. The molecule has 5 nitrogen and oxygen atoms in total. The van der Waals surface area contributed by atoms with E-state index in [1.807, 2.05) is 0 Å². The second kappa shape index (κ2) is 6.64. The molecule has 2 aromatic rings. The van der Waals surface area contributed by atoms with E-state index in [9.17, 15) is 8.78 Å². The van der Waals surface area contributed by atoms with Gasteiger partial charge in [-0.1, -0.05) is 18.9 Å². The van der Waals surface area contributed by atoms with Gasteiger partial charge in [-0.2, -0.15) is 10.1 Å². The highest BCUT2D eigenvalue weighted by atomic mass is 19.1. The Morgan fingerprint density at radius 2 is 1.68 bits per heavy atom. The number of anilines is 3. The highest BCUT2D eigenvalue weighted by Gasteiger charge is 2.14. The third kappa shape index (κ3) is 3.29. The standard InChI is InChI=1S/C15H17F2N5/c16-11-6-5-7-12(17)14(11)20-15-19-13(10-18-21-15)22-8-3-1-2-4-9-22/h5-7,10H,1-4,8-9H2,(H,19,20,21). The van der Waals surface area contributed by atoms with Crippen LogP contribution in [0.1, 0.15) is 25.7 Å². The molecule has 0 saturated carbocycles. The van der Waals surface area contributed by atoms with E-state index in [-0.39, 0.29) is 11.6 Å². The molecular formula is C15H17F2N5. The summed E-state index contributed by atoms with van der Waals surface area (Å²) in [6.45, 7) is 1.82. The molecule has 1 N–H and O–H groups in total. The summed E-state index contributed by atoms with van der Waals surface area (Å²) in [5, 5.41) is 10.3. The molecule has 0 amide bonds. The first-order valence-electron chi connectivity index (χ1n) is 7.40. The van der Waals surface area contributed by atoms with Crippen LogP contribution in [0, 0.1) is 11.6 Å². The number of nitrogens with one attached hydrogen (secondary N) is 1. The smallest absolute Gasteiger partial charge is 0.249 e. The van der Waals surface area contributed by atoms with E-state index in [1.165, 1.54) is 31.0 Å². The predicted molar refractivity (Wildman–Crippen MR) is 80.1 cm³/mol. The van der Waals surface area contributed by atoms with Gasteiger partial charge in [-0.3, -0.25) is 0 Å². The van der Waals surface area contributed by atoms with Crippen LogP contribution in [0.2, 0.25) is 0 Å². The summed E-state index contributed by atoms with van der Waals surface area (Å²) in [6.07, 6.45) is 6.21. The van der Waals surface area contributed by atoms with Crippen LogP contribution in [0.4, 0.5) is 26.2 Å². The molecule has 0 atom stereocenters. The van der Waals surface area contributed by atoms with Crippen molar-refractivity contribution in [1.29, 1.82) is 0 Å². The number of rotatable bonds is 3. The summed E-state index contributed by atoms with van der Waals surface area (Å²) < 4.78 is 27.3. The summed E-state index contributed by atoms with van der Waals surface area (Å²) >= 11 is 0. The van der Waals surface area contributed by atoms with Crippen LogP contribution in [-0.2, 0) is 0 Å². The molecule has 1 aromatic heterocycles. The minimum atomic E-state index is -0.691. The van der Waals surface area contributed by atoms with Crippen molar-refractivity contribution < 1.29 is 8.78 Å². The summed E-state index contributed by atoms with van der Waals surface area (Å²) in [7, 11) is 0. The minimum absolute atomic E-state index is 0.0887. The maximum absolute atomic E-state index is 13.7. The fourth-order valence-corrected chi connectivity index (χ4v) is 2.53. The van der Waals surface area contributed by atoms with Gasteiger partial charge in [0.25, 0.3) is 0 Å². The first-order chi connectivity index (χ1) is 10.7. The number of hydrogen-bond acceptors (Lipinski definition) is 5. The fraction of sp³-hybridized carbons (Fsp3) is 0.400. The van der Waals surface area contributed by atoms with Crippen molar-refractivity contribution in [1.82, 2.24) is 15.2 Å². The van der Waals surface area contributed by atoms with Crippen molar-refractivity contribution in [3.05, 3.63) is 36.0 Å². The van der Waals surface area contributed by atoms with Crippen LogP contribution < -0.4 is 10.2 Å². The number of nitrogens with zero attached hydrogens (tertiary/aromatic N) is 4. The Bertz CT molecular complexity index is 621. The van der Waals surface area contributed by atoms with Crippen molar-refractivity contribution in [2.45, 2.75) is 25.7 Å². The topological polar surface area (TPSA) is 53.9 Å². The van der Waals surface area contributed by atoms with Crippen LogP contribution in [-0.4, -0.2) is 28.3 Å². The molecule has 1 aliphatic rings. The van der Waals surface area contributed by atoms with Crippen molar-refractivity contribution >= 4 is 17.5 Å². The van der Waals surface area contributed by atoms with Crippen LogP contribution in [0.3, 0.4) is 0 Å².